The number of anilines is 1. The summed E-state index contributed by atoms with van der Waals surface area (Å²) in [6, 6.07) is 7.44. The van der Waals surface area contributed by atoms with Crippen molar-refractivity contribution >= 4 is 24.1 Å². The van der Waals surface area contributed by atoms with Crippen LogP contribution in [0.25, 0.3) is 0 Å². The molecule has 0 aliphatic carbocycles. The summed E-state index contributed by atoms with van der Waals surface area (Å²) in [5.74, 6) is -0.171. The number of benzene rings is 1. The minimum Gasteiger partial charge on any atom is -0.460 e. The van der Waals surface area contributed by atoms with Crippen LogP contribution in [0.1, 0.15) is 18.4 Å². The van der Waals surface area contributed by atoms with Gasteiger partial charge in [0.25, 0.3) is 0 Å². The number of carbonyl (C=O) groups excluding carboxylic acids is 1. The highest BCUT2D eigenvalue weighted by Crippen LogP contribution is 2.12. The predicted molar refractivity (Wildman–Crippen MR) is 73.6 cm³/mol. The maximum atomic E-state index is 11.6. The van der Waals surface area contributed by atoms with Gasteiger partial charge >= 0.3 is 5.97 Å². The Kier molecular flexibility index (Phi) is 5.95. The van der Waals surface area contributed by atoms with E-state index in [1.165, 1.54) is 12.8 Å². The molecular formula is C13H19ClN2O2. The highest BCUT2D eigenvalue weighted by atomic mass is 35.5. The van der Waals surface area contributed by atoms with Gasteiger partial charge in [0.1, 0.15) is 6.61 Å². The van der Waals surface area contributed by atoms with Gasteiger partial charge in [0.15, 0.2) is 0 Å². The zero-order valence-electron chi connectivity index (χ0n) is 10.3. The second-order valence-corrected chi connectivity index (χ2v) is 4.34. The lowest BCUT2D eigenvalue weighted by Crippen LogP contribution is -2.28. The molecule has 4 nitrogen and oxygen atoms in total. The van der Waals surface area contributed by atoms with Crippen LogP contribution in [0.3, 0.4) is 0 Å². The second kappa shape index (κ2) is 7.24. The van der Waals surface area contributed by atoms with Crippen molar-refractivity contribution in [2.45, 2.75) is 19.4 Å². The fourth-order valence-electron chi connectivity index (χ4n) is 1.99. The van der Waals surface area contributed by atoms with Crippen molar-refractivity contribution in [1.29, 1.82) is 0 Å². The molecule has 0 saturated carbocycles. The molecule has 0 radical (unpaired) electrons. The number of nitrogens with zero attached hydrogens (tertiary/aromatic N) is 1. The molecule has 1 saturated heterocycles. The van der Waals surface area contributed by atoms with E-state index in [0.29, 0.717) is 12.2 Å². The Morgan fingerprint density at radius 3 is 2.61 bits per heavy atom. The van der Waals surface area contributed by atoms with Crippen molar-refractivity contribution in [2.24, 2.45) is 0 Å². The molecule has 1 fully saturated rings. The Morgan fingerprint density at radius 2 is 1.94 bits per heavy atom. The average molecular weight is 271 g/mol. The number of carbonyl (C=O) groups is 1. The number of nitrogen functional groups attached to an aromatic ring is 1. The second-order valence-electron chi connectivity index (χ2n) is 4.34. The normalized spacial score (nSPS) is 15.1. The molecule has 0 spiro atoms. The molecule has 18 heavy (non-hydrogen) atoms. The highest BCUT2D eigenvalue weighted by molar-refractivity contribution is 5.85. The van der Waals surface area contributed by atoms with Gasteiger partial charge in [-0.1, -0.05) is 18.2 Å². The van der Waals surface area contributed by atoms with Crippen molar-refractivity contribution in [3.63, 3.8) is 0 Å². The number of hydrogen-bond acceptors (Lipinski definition) is 4. The average Bonchev–Trinajstić information content (AvgIpc) is 2.81. The summed E-state index contributed by atoms with van der Waals surface area (Å²) >= 11 is 0. The topological polar surface area (TPSA) is 55.6 Å². The minimum absolute atomic E-state index is 0. The molecule has 1 aromatic carbocycles. The number of esters is 1. The van der Waals surface area contributed by atoms with Crippen LogP contribution in [0.4, 0.5) is 5.69 Å². The third-order valence-electron chi connectivity index (χ3n) is 3.00. The van der Waals surface area contributed by atoms with Crippen LogP contribution >= 0.6 is 12.4 Å². The Balaban J connectivity index is 0.00000162. The molecule has 2 N–H and O–H groups in total. The van der Waals surface area contributed by atoms with Crippen LogP contribution in [0.15, 0.2) is 24.3 Å². The standard InChI is InChI=1S/C13H18N2O2.ClH/c14-12-6-2-1-5-11(12)10-17-13(16)9-15-7-3-4-8-15;/h1-2,5-6H,3-4,7-10,14H2;1H. The number of hydrogen-bond donors (Lipinski definition) is 1. The van der Waals surface area contributed by atoms with E-state index in [4.69, 9.17) is 10.5 Å². The molecule has 1 aliphatic rings. The van der Waals surface area contributed by atoms with Crippen molar-refractivity contribution in [3.05, 3.63) is 29.8 Å². The molecule has 0 bridgehead atoms. The minimum atomic E-state index is -0.171. The molecular weight excluding hydrogens is 252 g/mol. The van der Waals surface area contributed by atoms with Gasteiger partial charge in [0.2, 0.25) is 0 Å². The fraction of sp³-hybridized carbons (Fsp3) is 0.462. The van der Waals surface area contributed by atoms with E-state index in [1.54, 1.807) is 0 Å². The zero-order chi connectivity index (χ0) is 12.1. The maximum absolute atomic E-state index is 11.6. The van der Waals surface area contributed by atoms with Crippen molar-refractivity contribution in [2.75, 3.05) is 25.4 Å². The van der Waals surface area contributed by atoms with Crippen LogP contribution in [0.5, 0.6) is 0 Å². The summed E-state index contributed by atoms with van der Waals surface area (Å²) in [6.45, 7) is 2.66. The number of nitrogens with two attached hydrogens (primary N) is 1. The van der Waals surface area contributed by atoms with Gasteiger partial charge in [-0.05, 0) is 32.0 Å². The smallest absolute Gasteiger partial charge is 0.320 e. The third-order valence-corrected chi connectivity index (χ3v) is 3.00. The van der Waals surface area contributed by atoms with E-state index < -0.39 is 0 Å². The van der Waals surface area contributed by atoms with Crippen molar-refractivity contribution in [3.8, 4) is 0 Å². The van der Waals surface area contributed by atoms with Gasteiger partial charge in [-0.3, -0.25) is 9.69 Å². The monoisotopic (exact) mass is 270 g/mol. The summed E-state index contributed by atoms with van der Waals surface area (Å²) in [4.78, 5) is 13.7. The van der Waals surface area contributed by atoms with Crippen molar-refractivity contribution < 1.29 is 9.53 Å². The van der Waals surface area contributed by atoms with Crippen LogP contribution in [-0.4, -0.2) is 30.5 Å². The van der Waals surface area contributed by atoms with Crippen LogP contribution < -0.4 is 5.73 Å². The molecule has 0 amide bonds. The molecule has 0 aromatic heterocycles. The molecule has 1 aromatic rings. The third kappa shape index (κ3) is 4.20. The first-order valence-electron chi connectivity index (χ1n) is 5.97. The number of para-hydroxylation sites is 1. The lowest BCUT2D eigenvalue weighted by molar-refractivity contribution is -0.145. The number of likely N-dealkylation sites (tertiary alicyclic amines) is 1. The molecule has 0 unspecified atom stereocenters. The number of halogens is 1. The Hall–Kier alpha value is -1.26. The Morgan fingerprint density at radius 1 is 1.28 bits per heavy atom. The van der Waals surface area contributed by atoms with Gasteiger partial charge < -0.3 is 10.5 Å². The van der Waals surface area contributed by atoms with Crippen LogP contribution in [0.2, 0.25) is 0 Å². The fourth-order valence-corrected chi connectivity index (χ4v) is 1.99. The molecule has 2 rings (SSSR count). The predicted octanol–water partition coefficient (Wildman–Crippen LogP) is 1.83. The van der Waals surface area contributed by atoms with E-state index in [2.05, 4.69) is 4.90 Å². The van der Waals surface area contributed by atoms with E-state index in [0.717, 1.165) is 18.7 Å². The van der Waals surface area contributed by atoms with Gasteiger partial charge in [-0.2, -0.15) is 0 Å². The number of ether oxygens (including phenoxy) is 1. The SMILES string of the molecule is Cl.Nc1ccccc1COC(=O)CN1CCCC1. The van der Waals surface area contributed by atoms with E-state index in [1.807, 2.05) is 24.3 Å². The summed E-state index contributed by atoms with van der Waals surface area (Å²) in [7, 11) is 0. The van der Waals surface area contributed by atoms with E-state index in [-0.39, 0.29) is 25.0 Å². The summed E-state index contributed by atoms with van der Waals surface area (Å²) in [5.41, 5.74) is 7.30. The first-order chi connectivity index (χ1) is 8.25. The molecule has 5 heteroatoms. The molecule has 1 aliphatic heterocycles. The lowest BCUT2D eigenvalue weighted by atomic mass is 10.2. The highest BCUT2D eigenvalue weighted by Gasteiger charge is 2.15. The lowest BCUT2D eigenvalue weighted by Gasteiger charge is -2.13. The summed E-state index contributed by atoms with van der Waals surface area (Å²) in [6.07, 6.45) is 2.36. The van der Waals surface area contributed by atoms with Crippen molar-refractivity contribution in [1.82, 2.24) is 4.90 Å². The first kappa shape index (κ1) is 14.8. The number of rotatable bonds is 4. The first-order valence-corrected chi connectivity index (χ1v) is 5.97. The summed E-state index contributed by atoms with van der Waals surface area (Å²) in [5, 5.41) is 0. The van der Waals surface area contributed by atoms with E-state index in [9.17, 15) is 4.79 Å². The summed E-state index contributed by atoms with van der Waals surface area (Å²) < 4.78 is 5.21. The quantitative estimate of drug-likeness (QED) is 0.670. The Labute approximate surface area is 114 Å². The van der Waals surface area contributed by atoms with Gasteiger partial charge in [-0.25, -0.2) is 0 Å². The van der Waals surface area contributed by atoms with Gasteiger partial charge in [0.05, 0.1) is 6.54 Å². The van der Waals surface area contributed by atoms with Crippen LogP contribution in [-0.2, 0) is 16.1 Å². The molecule has 100 valence electrons. The molecule has 0 atom stereocenters. The van der Waals surface area contributed by atoms with Crippen LogP contribution in [0, 0.1) is 0 Å². The van der Waals surface area contributed by atoms with E-state index >= 15 is 0 Å². The van der Waals surface area contributed by atoms with Gasteiger partial charge in [-0.15, -0.1) is 12.4 Å². The van der Waals surface area contributed by atoms with Gasteiger partial charge in [0, 0.05) is 11.3 Å². The largest absolute Gasteiger partial charge is 0.460 e. The molecule has 1 heterocycles. The maximum Gasteiger partial charge on any atom is 0.320 e. The Bertz CT molecular complexity index is 392. The zero-order valence-corrected chi connectivity index (χ0v) is 11.1.